The second kappa shape index (κ2) is 5.56. The molecule has 0 aliphatic carbocycles. The first-order valence-corrected chi connectivity index (χ1v) is 5.29. The lowest BCUT2D eigenvalue weighted by molar-refractivity contribution is -0.121. The van der Waals surface area contributed by atoms with Crippen LogP contribution in [0.1, 0.15) is 19.5 Å². The number of carbonyl (C=O) groups is 1. The molecule has 15 heavy (non-hydrogen) atoms. The molecule has 0 aliphatic heterocycles. The minimum absolute atomic E-state index is 0.127. The highest BCUT2D eigenvalue weighted by Crippen LogP contribution is 2.06. The predicted molar refractivity (Wildman–Crippen MR) is 60.2 cm³/mol. The van der Waals surface area contributed by atoms with Crippen LogP contribution >= 0.6 is 0 Å². The standard InChI is InChI=1S/C11H19N3O/c1-3-13-7-10-5-4-6-14(10)8-9(2)11(12)15/h4-6,9,13H,3,7-8H2,1-2H3,(H2,12,15). The summed E-state index contributed by atoms with van der Waals surface area (Å²) in [6, 6.07) is 4.04. The van der Waals surface area contributed by atoms with E-state index in [-0.39, 0.29) is 11.8 Å². The van der Waals surface area contributed by atoms with Crippen molar-refractivity contribution < 1.29 is 4.79 Å². The van der Waals surface area contributed by atoms with E-state index in [9.17, 15) is 4.79 Å². The summed E-state index contributed by atoms with van der Waals surface area (Å²) in [6.07, 6.45) is 1.98. The predicted octanol–water partition coefficient (Wildman–Crippen LogP) is 0.719. The Kier molecular flexibility index (Phi) is 4.37. The van der Waals surface area contributed by atoms with E-state index in [1.54, 1.807) is 0 Å². The van der Waals surface area contributed by atoms with E-state index < -0.39 is 0 Å². The van der Waals surface area contributed by atoms with Crippen molar-refractivity contribution in [1.29, 1.82) is 0 Å². The molecule has 0 aliphatic rings. The fourth-order valence-electron chi connectivity index (χ4n) is 1.43. The zero-order chi connectivity index (χ0) is 11.3. The largest absolute Gasteiger partial charge is 0.369 e. The van der Waals surface area contributed by atoms with Gasteiger partial charge in [-0.15, -0.1) is 0 Å². The van der Waals surface area contributed by atoms with Gasteiger partial charge in [-0.25, -0.2) is 0 Å². The van der Waals surface area contributed by atoms with E-state index in [0.717, 1.165) is 13.1 Å². The maximum Gasteiger partial charge on any atom is 0.222 e. The van der Waals surface area contributed by atoms with E-state index in [2.05, 4.69) is 22.9 Å². The smallest absolute Gasteiger partial charge is 0.222 e. The number of nitrogens with one attached hydrogen (secondary N) is 1. The Balaban J connectivity index is 2.60. The molecule has 0 fully saturated rings. The Morgan fingerprint density at radius 1 is 1.67 bits per heavy atom. The number of nitrogens with two attached hydrogens (primary N) is 1. The fourth-order valence-corrected chi connectivity index (χ4v) is 1.43. The lowest BCUT2D eigenvalue weighted by Crippen LogP contribution is -2.26. The number of hydrogen-bond acceptors (Lipinski definition) is 2. The lowest BCUT2D eigenvalue weighted by atomic mass is 10.1. The van der Waals surface area contributed by atoms with Gasteiger partial charge in [0.1, 0.15) is 0 Å². The second-order valence-electron chi connectivity index (χ2n) is 3.74. The summed E-state index contributed by atoms with van der Waals surface area (Å²) >= 11 is 0. The Hall–Kier alpha value is -1.29. The van der Waals surface area contributed by atoms with Gasteiger partial charge in [0.15, 0.2) is 0 Å². The molecule has 0 bridgehead atoms. The molecule has 1 rings (SSSR count). The third kappa shape index (κ3) is 3.40. The molecule has 0 spiro atoms. The summed E-state index contributed by atoms with van der Waals surface area (Å²) in [7, 11) is 0. The fraction of sp³-hybridized carbons (Fsp3) is 0.545. The van der Waals surface area contributed by atoms with Crippen LogP contribution in [0.2, 0.25) is 0 Å². The first-order valence-electron chi connectivity index (χ1n) is 5.29. The monoisotopic (exact) mass is 209 g/mol. The van der Waals surface area contributed by atoms with Crippen LogP contribution in [-0.4, -0.2) is 17.0 Å². The molecule has 0 saturated carbocycles. The lowest BCUT2D eigenvalue weighted by Gasteiger charge is -2.12. The van der Waals surface area contributed by atoms with E-state index in [4.69, 9.17) is 5.73 Å². The van der Waals surface area contributed by atoms with E-state index in [0.29, 0.717) is 6.54 Å². The average Bonchev–Trinajstić information content (AvgIpc) is 2.62. The summed E-state index contributed by atoms with van der Waals surface area (Å²) in [4.78, 5) is 10.9. The third-order valence-corrected chi connectivity index (χ3v) is 2.44. The van der Waals surface area contributed by atoms with Gasteiger partial charge in [0.25, 0.3) is 0 Å². The highest BCUT2D eigenvalue weighted by Gasteiger charge is 2.10. The van der Waals surface area contributed by atoms with Crippen molar-refractivity contribution in [2.24, 2.45) is 11.7 Å². The second-order valence-corrected chi connectivity index (χ2v) is 3.74. The zero-order valence-electron chi connectivity index (χ0n) is 9.36. The van der Waals surface area contributed by atoms with Crippen LogP contribution in [0.3, 0.4) is 0 Å². The highest BCUT2D eigenvalue weighted by atomic mass is 16.1. The summed E-state index contributed by atoms with van der Waals surface area (Å²) in [5.41, 5.74) is 6.42. The van der Waals surface area contributed by atoms with Crippen LogP contribution in [-0.2, 0) is 17.9 Å². The van der Waals surface area contributed by atoms with E-state index >= 15 is 0 Å². The minimum Gasteiger partial charge on any atom is -0.369 e. The van der Waals surface area contributed by atoms with Gasteiger partial charge in [-0.1, -0.05) is 13.8 Å². The maximum atomic E-state index is 10.9. The molecule has 1 aromatic rings. The van der Waals surface area contributed by atoms with Crippen molar-refractivity contribution in [3.63, 3.8) is 0 Å². The number of rotatable bonds is 6. The van der Waals surface area contributed by atoms with Gasteiger partial charge >= 0.3 is 0 Å². The summed E-state index contributed by atoms with van der Waals surface area (Å²) in [5.74, 6) is -0.379. The third-order valence-electron chi connectivity index (χ3n) is 2.44. The van der Waals surface area contributed by atoms with E-state index in [1.165, 1.54) is 5.69 Å². The van der Waals surface area contributed by atoms with Crippen LogP contribution in [0.15, 0.2) is 18.3 Å². The Bertz CT molecular complexity index is 319. The SMILES string of the molecule is CCNCc1cccn1CC(C)C(N)=O. The molecule has 1 aromatic heterocycles. The van der Waals surface area contributed by atoms with Crippen molar-refractivity contribution in [3.8, 4) is 0 Å². The average molecular weight is 209 g/mol. The normalized spacial score (nSPS) is 12.7. The van der Waals surface area contributed by atoms with E-state index in [1.807, 2.05) is 19.2 Å². The molecule has 4 nitrogen and oxygen atoms in total. The van der Waals surface area contributed by atoms with Gasteiger partial charge in [0, 0.05) is 25.0 Å². The van der Waals surface area contributed by atoms with Gasteiger partial charge in [-0.05, 0) is 18.7 Å². The van der Waals surface area contributed by atoms with Crippen LogP contribution in [0.25, 0.3) is 0 Å². The van der Waals surface area contributed by atoms with Gasteiger partial charge in [-0.3, -0.25) is 4.79 Å². The van der Waals surface area contributed by atoms with Crippen LogP contribution in [0.5, 0.6) is 0 Å². The number of amides is 1. The summed E-state index contributed by atoms with van der Waals surface area (Å²) < 4.78 is 2.07. The Labute approximate surface area is 90.5 Å². The van der Waals surface area contributed by atoms with Gasteiger partial charge in [0.05, 0.1) is 5.92 Å². The number of primary amides is 1. The van der Waals surface area contributed by atoms with Crippen molar-refractivity contribution >= 4 is 5.91 Å². The summed E-state index contributed by atoms with van der Waals surface area (Å²) in [6.45, 7) is 6.34. The van der Waals surface area contributed by atoms with Gasteiger partial charge in [0.2, 0.25) is 5.91 Å². The zero-order valence-corrected chi connectivity index (χ0v) is 9.36. The highest BCUT2D eigenvalue weighted by molar-refractivity contribution is 5.76. The first-order chi connectivity index (χ1) is 7.15. The van der Waals surface area contributed by atoms with Crippen molar-refractivity contribution in [2.75, 3.05) is 6.54 Å². The molecule has 1 atom stereocenters. The molecule has 0 radical (unpaired) electrons. The van der Waals surface area contributed by atoms with Crippen molar-refractivity contribution in [3.05, 3.63) is 24.0 Å². The molecule has 84 valence electrons. The van der Waals surface area contributed by atoms with Gasteiger partial charge in [-0.2, -0.15) is 0 Å². The van der Waals surface area contributed by atoms with Crippen LogP contribution < -0.4 is 11.1 Å². The number of hydrogen-bond donors (Lipinski definition) is 2. The maximum absolute atomic E-state index is 10.9. The molecule has 4 heteroatoms. The van der Waals surface area contributed by atoms with Crippen LogP contribution in [0, 0.1) is 5.92 Å². The van der Waals surface area contributed by atoms with Crippen molar-refractivity contribution in [1.82, 2.24) is 9.88 Å². The first kappa shape index (κ1) is 11.8. The summed E-state index contributed by atoms with van der Waals surface area (Å²) in [5, 5.41) is 3.26. The van der Waals surface area contributed by atoms with Crippen LogP contribution in [0.4, 0.5) is 0 Å². The molecule has 0 saturated heterocycles. The number of nitrogens with zero attached hydrogens (tertiary/aromatic N) is 1. The van der Waals surface area contributed by atoms with Crippen molar-refractivity contribution in [2.45, 2.75) is 26.9 Å². The molecule has 1 amide bonds. The quantitative estimate of drug-likeness (QED) is 0.725. The number of aromatic nitrogens is 1. The number of carbonyl (C=O) groups excluding carboxylic acids is 1. The topological polar surface area (TPSA) is 60.1 Å². The Morgan fingerprint density at radius 3 is 3.00 bits per heavy atom. The molecule has 0 aromatic carbocycles. The Morgan fingerprint density at radius 2 is 2.40 bits per heavy atom. The molecule has 1 heterocycles. The minimum atomic E-state index is -0.252. The van der Waals surface area contributed by atoms with Gasteiger partial charge < -0.3 is 15.6 Å². The molecule has 3 N–H and O–H groups in total. The molecular weight excluding hydrogens is 190 g/mol. The molecular formula is C11H19N3O. The molecule has 1 unspecified atom stereocenters.